The molecule has 0 aliphatic carbocycles. The van der Waals surface area contributed by atoms with Gasteiger partial charge in [0.25, 0.3) is 11.6 Å². The van der Waals surface area contributed by atoms with Gasteiger partial charge in [-0.15, -0.1) is 0 Å². The third-order valence-electron chi connectivity index (χ3n) is 2.58. The first-order valence-electron chi connectivity index (χ1n) is 5.59. The largest absolute Gasteiger partial charge is 0.321 e. The van der Waals surface area contributed by atoms with E-state index in [1.807, 2.05) is 0 Å². The van der Waals surface area contributed by atoms with Crippen LogP contribution in [0.1, 0.15) is 10.4 Å². The van der Waals surface area contributed by atoms with Crippen molar-refractivity contribution in [2.45, 2.75) is 0 Å². The molecule has 0 spiro atoms. The van der Waals surface area contributed by atoms with Crippen LogP contribution in [0.3, 0.4) is 0 Å². The lowest BCUT2D eigenvalue weighted by Crippen LogP contribution is -2.14. The lowest BCUT2D eigenvalue weighted by molar-refractivity contribution is -0.385. The highest BCUT2D eigenvalue weighted by atomic mass is 79.9. The molecule has 0 bridgehead atoms. The molecule has 0 fully saturated rings. The van der Waals surface area contributed by atoms with Crippen molar-refractivity contribution in [1.29, 1.82) is 0 Å². The van der Waals surface area contributed by atoms with Gasteiger partial charge in [0.05, 0.1) is 10.6 Å². The van der Waals surface area contributed by atoms with E-state index in [0.717, 1.165) is 22.7 Å². The summed E-state index contributed by atoms with van der Waals surface area (Å²) in [6, 6.07) is 7.79. The molecule has 21 heavy (non-hydrogen) atoms. The van der Waals surface area contributed by atoms with Gasteiger partial charge in [-0.2, -0.15) is 0 Å². The minimum atomic E-state index is -0.764. The predicted octanol–water partition coefficient (Wildman–Crippen LogP) is 4.51. The standard InChI is InChI=1S/C13H7Br2FN2O3/c14-7-1-3-10(15)11(5-7)17-13(19)9-6-8(16)2-4-12(9)18(20)21/h1-6H,(H,17,19). The van der Waals surface area contributed by atoms with Crippen molar-refractivity contribution in [1.82, 2.24) is 0 Å². The van der Waals surface area contributed by atoms with E-state index < -0.39 is 22.3 Å². The zero-order chi connectivity index (χ0) is 15.6. The molecule has 2 rings (SSSR count). The second-order valence-corrected chi connectivity index (χ2v) is 5.77. The van der Waals surface area contributed by atoms with Crippen LogP contribution in [0.4, 0.5) is 15.8 Å². The summed E-state index contributed by atoms with van der Waals surface area (Å²) in [5, 5.41) is 13.4. The van der Waals surface area contributed by atoms with Crippen LogP contribution in [0.2, 0.25) is 0 Å². The topological polar surface area (TPSA) is 72.2 Å². The van der Waals surface area contributed by atoms with Gasteiger partial charge in [-0.25, -0.2) is 4.39 Å². The van der Waals surface area contributed by atoms with Crippen molar-refractivity contribution in [2.75, 3.05) is 5.32 Å². The predicted molar refractivity (Wildman–Crippen MR) is 82.8 cm³/mol. The van der Waals surface area contributed by atoms with Gasteiger partial charge in [-0.05, 0) is 46.3 Å². The summed E-state index contributed by atoms with van der Waals surface area (Å²) in [4.78, 5) is 22.3. The molecule has 108 valence electrons. The third kappa shape index (κ3) is 3.64. The maximum absolute atomic E-state index is 13.2. The van der Waals surface area contributed by atoms with Crippen molar-refractivity contribution in [3.05, 3.63) is 66.8 Å². The molecule has 0 saturated carbocycles. The van der Waals surface area contributed by atoms with Crippen LogP contribution in [0.25, 0.3) is 0 Å². The minimum absolute atomic E-state index is 0.341. The number of carbonyl (C=O) groups is 1. The van der Waals surface area contributed by atoms with Gasteiger partial charge < -0.3 is 5.32 Å². The van der Waals surface area contributed by atoms with Crippen LogP contribution in [0.15, 0.2) is 45.3 Å². The zero-order valence-electron chi connectivity index (χ0n) is 10.3. The Morgan fingerprint density at radius 2 is 1.90 bits per heavy atom. The van der Waals surface area contributed by atoms with Crippen LogP contribution in [-0.4, -0.2) is 10.8 Å². The molecule has 0 saturated heterocycles. The first-order valence-corrected chi connectivity index (χ1v) is 7.17. The fourth-order valence-electron chi connectivity index (χ4n) is 1.63. The lowest BCUT2D eigenvalue weighted by Gasteiger charge is -2.08. The normalized spacial score (nSPS) is 10.2. The highest BCUT2D eigenvalue weighted by Gasteiger charge is 2.21. The average molecular weight is 418 g/mol. The number of hydrogen-bond donors (Lipinski definition) is 1. The van der Waals surface area contributed by atoms with E-state index in [4.69, 9.17) is 0 Å². The van der Waals surface area contributed by atoms with Crippen molar-refractivity contribution in [2.24, 2.45) is 0 Å². The van der Waals surface area contributed by atoms with E-state index in [0.29, 0.717) is 10.2 Å². The third-order valence-corrected chi connectivity index (χ3v) is 3.76. The molecule has 0 heterocycles. The summed E-state index contributed by atoms with van der Waals surface area (Å²) in [5.41, 5.74) is -0.389. The SMILES string of the molecule is O=C(Nc1cc(Br)ccc1Br)c1cc(F)ccc1[N+](=O)[O-]. The highest BCUT2D eigenvalue weighted by Crippen LogP contribution is 2.28. The van der Waals surface area contributed by atoms with Crippen LogP contribution in [0.5, 0.6) is 0 Å². The Morgan fingerprint density at radius 1 is 1.19 bits per heavy atom. The Bertz CT molecular complexity index is 737. The summed E-state index contributed by atoms with van der Waals surface area (Å²) in [6.45, 7) is 0. The fraction of sp³-hybridized carbons (Fsp3) is 0. The second kappa shape index (κ2) is 6.31. The van der Waals surface area contributed by atoms with E-state index in [2.05, 4.69) is 37.2 Å². The first kappa shape index (κ1) is 15.6. The van der Waals surface area contributed by atoms with Crippen LogP contribution >= 0.6 is 31.9 Å². The Balaban J connectivity index is 2.39. The quantitative estimate of drug-likeness (QED) is 0.589. The van der Waals surface area contributed by atoms with E-state index in [1.165, 1.54) is 0 Å². The molecule has 0 atom stereocenters. The maximum Gasteiger partial charge on any atom is 0.282 e. The summed E-state index contributed by atoms with van der Waals surface area (Å²) < 4.78 is 14.5. The van der Waals surface area contributed by atoms with E-state index in [9.17, 15) is 19.3 Å². The highest BCUT2D eigenvalue weighted by molar-refractivity contribution is 9.11. The van der Waals surface area contributed by atoms with Gasteiger partial charge in [0.15, 0.2) is 0 Å². The molecule has 0 unspecified atom stereocenters. The Kier molecular flexibility index (Phi) is 4.69. The summed E-state index contributed by atoms with van der Waals surface area (Å²) in [6.07, 6.45) is 0. The molecular weight excluding hydrogens is 411 g/mol. The molecule has 0 aromatic heterocycles. The average Bonchev–Trinajstić information content (AvgIpc) is 2.42. The molecule has 0 radical (unpaired) electrons. The van der Waals surface area contributed by atoms with Crippen LogP contribution in [-0.2, 0) is 0 Å². The molecule has 1 amide bonds. The molecule has 1 N–H and O–H groups in total. The number of benzene rings is 2. The van der Waals surface area contributed by atoms with Gasteiger partial charge >= 0.3 is 0 Å². The molecule has 2 aromatic rings. The van der Waals surface area contributed by atoms with Gasteiger partial charge in [0.2, 0.25) is 0 Å². The number of nitro groups is 1. The molecule has 5 nitrogen and oxygen atoms in total. The van der Waals surface area contributed by atoms with Crippen LogP contribution < -0.4 is 5.32 Å². The van der Waals surface area contributed by atoms with Crippen LogP contribution in [0, 0.1) is 15.9 Å². The van der Waals surface area contributed by atoms with Crippen molar-refractivity contribution < 1.29 is 14.1 Å². The van der Waals surface area contributed by atoms with E-state index in [-0.39, 0.29) is 5.56 Å². The Morgan fingerprint density at radius 3 is 2.57 bits per heavy atom. The molecule has 0 aliphatic heterocycles. The second-order valence-electron chi connectivity index (χ2n) is 4.00. The number of halogens is 3. The lowest BCUT2D eigenvalue weighted by atomic mass is 10.1. The number of rotatable bonds is 3. The van der Waals surface area contributed by atoms with Gasteiger partial charge in [-0.1, -0.05) is 15.9 Å². The minimum Gasteiger partial charge on any atom is -0.321 e. The Labute approximate surface area is 135 Å². The first-order chi connectivity index (χ1) is 9.88. The number of hydrogen-bond acceptors (Lipinski definition) is 3. The number of carbonyl (C=O) groups excluding carboxylic acids is 1. The van der Waals surface area contributed by atoms with E-state index >= 15 is 0 Å². The Hall–Kier alpha value is -1.80. The summed E-state index contributed by atoms with van der Waals surface area (Å²) >= 11 is 6.50. The maximum atomic E-state index is 13.2. The van der Waals surface area contributed by atoms with Crippen molar-refractivity contribution >= 4 is 49.1 Å². The number of amides is 1. The summed E-state index contributed by atoms with van der Waals surface area (Å²) in [7, 11) is 0. The molecule has 0 aliphatic rings. The van der Waals surface area contributed by atoms with Gasteiger partial charge in [-0.3, -0.25) is 14.9 Å². The fourth-order valence-corrected chi connectivity index (χ4v) is 2.34. The van der Waals surface area contributed by atoms with E-state index in [1.54, 1.807) is 18.2 Å². The molecule has 8 heteroatoms. The number of anilines is 1. The van der Waals surface area contributed by atoms with Crippen molar-refractivity contribution in [3.63, 3.8) is 0 Å². The molecular formula is C13H7Br2FN2O3. The summed E-state index contributed by atoms with van der Waals surface area (Å²) in [5.74, 6) is -1.49. The molecule has 2 aromatic carbocycles. The monoisotopic (exact) mass is 416 g/mol. The smallest absolute Gasteiger partial charge is 0.282 e. The zero-order valence-corrected chi connectivity index (χ0v) is 13.4. The van der Waals surface area contributed by atoms with Gasteiger partial charge in [0.1, 0.15) is 11.4 Å². The van der Waals surface area contributed by atoms with Gasteiger partial charge in [0, 0.05) is 15.0 Å². The number of nitrogens with zero attached hydrogens (tertiary/aromatic N) is 1. The number of nitro benzene ring substituents is 1. The number of nitrogens with one attached hydrogen (secondary N) is 1. The van der Waals surface area contributed by atoms with Crippen molar-refractivity contribution in [3.8, 4) is 0 Å².